The lowest BCUT2D eigenvalue weighted by molar-refractivity contribution is 1.19. The highest BCUT2D eigenvalue weighted by Crippen LogP contribution is 2.43. The van der Waals surface area contributed by atoms with Crippen molar-refractivity contribution in [2.75, 3.05) is 0 Å². The van der Waals surface area contributed by atoms with E-state index < -0.39 is 0 Å². The van der Waals surface area contributed by atoms with Crippen LogP contribution in [0.3, 0.4) is 0 Å². The van der Waals surface area contributed by atoms with Gasteiger partial charge in [-0.3, -0.25) is 0 Å². The number of aromatic amines is 1. The van der Waals surface area contributed by atoms with E-state index in [1.165, 1.54) is 58.8 Å². The van der Waals surface area contributed by atoms with E-state index in [0.29, 0.717) is 0 Å². The Morgan fingerprint density at radius 1 is 0.491 bits per heavy atom. The van der Waals surface area contributed by atoms with Gasteiger partial charge in [0, 0.05) is 48.3 Å². The van der Waals surface area contributed by atoms with Crippen LogP contribution in [0.5, 0.6) is 0 Å². The molecule has 0 spiro atoms. The van der Waals surface area contributed by atoms with Crippen LogP contribution < -0.4 is 0 Å². The molecule has 0 aliphatic carbocycles. The predicted molar refractivity (Wildman–Crippen MR) is 225 cm³/mol. The van der Waals surface area contributed by atoms with E-state index >= 15 is 0 Å². The topological polar surface area (TPSA) is 46.5 Å². The molecule has 0 bridgehead atoms. The molecule has 0 atom stereocenters. The van der Waals surface area contributed by atoms with Gasteiger partial charge in [-0.15, -0.1) is 11.3 Å². The minimum absolute atomic E-state index is 0.724. The van der Waals surface area contributed by atoms with Crippen LogP contribution in [0.25, 0.3) is 114 Å². The summed E-state index contributed by atoms with van der Waals surface area (Å²) in [7, 11) is 0. The number of nitrogens with one attached hydrogen (secondary N) is 1. The highest BCUT2D eigenvalue weighted by molar-refractivity contribution is 7.26. The zero-order valence-corrected chi connectivity index (χ0v) is 29.2. The van der Waals surface area contributed by atoms with Crippen molar-refractivity contribution in [3.63, 3.8) is 0 Å². The minimum Gasteiger partial charge on any atom is -0.353 e. The van der Waals surface area contributed by atoms with Crippen LogP contribution in [0.1, 0.15) is 0 Å². The fourth-order valence-electron chi connectivity index (χ4n) is 8.56. The maximum atomic E-state index is 5.25. The van der Waals surface area contributed by atoms with E-state index in [1.54, 1.807) is 11.3 Å². The van der Waals surface area contributed by atoms with Crippen molar-refractivity contribution < 1.29 is 0 Å². The van der Waals surface area contributed by atoms with Gasteiger partial charge in [0.15, 0.2) is 5.82 Å². The lowest BCUT2D eigenvalue weighted by Gasteiger charge is -2.10. The van der Waals surface area contributed by atoms with Crippen molar-refractivity contribution in [1.82, 2.24) is 19.5 Å². The van der Waals surface area contributed by atoms with Crippen LogP contribution in [-0.4, -0.2) is 19.5 Å². The fraction of sp³-hybridized carbons (Fsp3) is 0. The Balaban J connectivity index is 1.11. The molecule has 0 radical (unpaired) electrons. The van der Waals surface area contributed by atoms with Gasteiger partial charge in [0.25, 0.3) is 0 Å². The quantitative estimate of drug-likeness (QED) is 0.200. The van der Waals surface area contributed by atoms with Crippen molar-refractivity contribution >= 4 is 96.8 Å². The molecular formula is C48H28N4S. The third-order valence-electron chi connectivity index (χ3n) is 10.9. The average molecular weight is 693 g/mol. The van der Waals surface area contributed by atoms with Gasteiger partial charge < -0.3 is 9.55 Å². The summed E-state index contributed by atoms with van der Waals surface area (Å²) in [5.74, 6) is 0.724. The minimum atomic E-state index is 0.724. The lowest BCUT2D eigenvalue weighted by Crippen LogP contribution is -1.95. The highest BCUT2D eigenvalue weighted by atomic mass is 32.1. The first-order valence-electron chi connectivity index (χ1n) is 17.9. The maximum Gasteiger partial charge on any atom is 0.160 e. The number of hydrogen-bond acceptors (Lipinski definition) is 3. The fourth-order valence-corrected chi connectivity index (χ4v) is 9.71. The first-order chi connectivity index (χ1) is 26.3. The van der Waals surface area contributed by atoms with Gasteiger partial charge in [-0.2, -0.15) is 0 Å². The molecular weight excluding hydrogens is 665 g/mol. The summed E-state index contributed by atoms with van der Waals surface area (Å²) in [6.07, 6.45) is 0. The van der Waals surface area contributed by atoms with Crippen molar-refractivity contribution in [3.8, 4) is 28.3 Å². The largest absolute Gasteiger partial charge is 0.353 e. The summed E-state index contributed by atoms with van der Waals surface area (Å²) in [6, 6.07) is 58.9. The van der Waals surface area contributed by atoms with Gasteiger partial charge in [0.2, 0.25) is 0 Å². The maximum absolute atomic E-state index is 5.25. The van der Waals surface area contributed by atoms with Crippen LogP contribution >= 0.6 is 11.3 Å². The number of thiophene rings is 1. The number of benzene rings is 8. The van der Waals surface area contributed by atoms with Gasteiger partial charge in [-0.05, 0) is 51.9 Å². The molecule has 0 saturated carbocycles. The molecule has 53 heavy (non-hydrogen) atoms. The number of hydrogen-bond donors (Lipinski definition) is 1. The molecule has 12 aromatic rings. The van der Waals surface area contributed by atoms with Crippen LogP contribution in [0.2, 0.25) is 0 Å². The Morgan fingerprint density at radius 2 is 1.15 bits per heavy atom. The zero-order valence-electron chi connectivity index (χ0n) is 28.3. The van der Waals surface area contributed by atoms with Gasteiger partial charge in [0.1, 0.15) is 0 Å². The van der Waals surface area contributed by atoms with Crippen molar-refractivity contribution in [1.29, 1.82) is 0 Å². The van der Waals surface area contributed by atoms with E-state index in [2.05, 4.69) is 173 Å². The molecule has 4 aromatic heterocycles. The Labute approximate surface area is 307 Å². The summed E-state index contributed by atoms with van der Waals surface area (Å²) in [6.45, 7) is 0. The summed E-state index contributed by atoms with van der Waals surface area (Å²) in [5, 5.41) is 11.1. The molecule has 4 heterocycles. The summed E-state index contributed by atoms with van der Waals surface area (Å²) in [4.78, 5) is 14.4. The SMILES string of the molecule is c1ccc(-c2nc(-c3ccc4c(c3)[nH]c3c(-n5c6ccc7ccccc7c6c6c7ccccc7ccc65)cccc34)nc3c2sc2ccccc23)cc1. The lowest BCUT2D eigenvalue weighted by atomic mass is 10.00. The molecule has 0 fully saturated rings. The Bertz CT molecular complexity index is 3370. The second kappa shape index (κ2) is 10.8. The molecule has 4 nitrogen and oxygen atoms in total. The number of para-hydroxylation sites is 1. The first kappa shape index (κ1) is 28.8. The van der Waals surface area contributed by atoms with Gasteiger partial charge >= 0.3 is 0 Å². The zero-order chi connectivity index (χ0) is 34.6. The molecule has 1 N–H and O–H groups in total. The average Bonchev–Trinajstić information content (AvgIpc) is 3.90. The Hall–Kier alpha value is -6.82. The molecule has 0 amide bonds. The monoisotopic (exact) mass is 692 g/mol. The molecule has 8 aromatic carbocycles. The first-order valence-corrected chi connectivity index (χ1v) is 18.7. The molecule has 0 unspecified atom stereocenters. The van der Waals surface area contributed by atoms with Crippen LogP contribution in [0, 0.1) is 0 Å². The van der Waals surface area contributed by atoms with Crippen molar-refractivity contribution in [2.24, 2.45) is 0 Å². The normalized spacial score (nSPS) is 12.2. The number of aromatic nitrogens is 4. The standard InChI is InChI=1S/C48H28N4S/c1-2-13-30(14-3-1)44-47-46(36-17-8-9-20-41(36)53-47)51-48(50-44)31-21-24-34-35-18-10-19-40(45(35)49-37(34)27-31)52-38-25-22-28-11-4-6-15-32(28)42(38)43-33-16-7-5-12-29(33)23-26-39(43)52/h1-27,49H. The van der Waals surface area contributed by atoms with Crippen molar-refractivity contribution in [3.05, 3.63) is 164 Å². The number of H-pyrrole nitrogens is 1. The third kappa shape index (κ3) is 4.11. The molecule has 246 valence electrons. The van der Waals surface area contributed by atoms with Crippen LogP contribution in [-0.2, 0) is 0 Å². The van der Waals surface area contributed by atoms with E-state index in [1.807, 2.05) is 0 Å². The van der Waals surface area contributed by atoms with Crippen LogP contribution in [0.15, 0.2) is 164 Å². The van der Waals surface area contributed by atoms with E-state index in [0.717, 1.165) is 55.0 Å². The highest BCUT2D eigenvalue weighted by Gasteiger charge is 2.21. The predicted octanol–water partition coefficient (Wildman–Crippen LogP) is 13.2. The van der Waals surface area contributed by atoms with Gasteiger partial charge in [0.05, 0.1) is 38.1 Å². The van der Waals surface area contributed by atoms with E-state index in [4.69, 9.17) is 9.97 Å². The number of rotatable bonds is 3. The Kier molecular flexibility index (Phi) is 5.90. The molecule has 12 rings (SSSR count). The van der Waals surface area contributed by atoms with E-state index in [9.17, 15) is 0 Å². The molecule has 5 heteroatoms. The van der Waals surface area contributed by atoms with E-state index in [-0.39, 0.29) is 0 Å². The van der Waals surface area contributed by atoms with Crippen molar-refractivity contribution in [2.45, 2.75) is 0 Å². The van der Waals surface area contributed by atoms with Gasteiger partial charge in [-0.25, -0.2) is 9.97 Å². The molecule has 0 aliphatic heterocycles. The number of fused-ring (bicyclic) bond motifs is 13. The third-order valence-corrected chi connectivity index (χ3v) is 12.1. The second-order valence-corrected chi connectivity index (χ2v) is 14.9. The summed E-state index contributed by atoms with van der Waals surface area (Å²) < 4.78 is 4.78. The van der Waals surface area contributed by atoms with Gasteiger partial charge in [-0.1, -0.05) is 133 Å². The number of nitrogens with zero attached hydrogens (tertiary/aromatic N) is 3. The second-order valence-electron chi connectivity index (χ2n) is 13.8. The molecule has 0 saturated heterocycles. The smallest absolute Gasteiger partial charge is 0.160 e. The molecule has 0 aliphatic rings. The Morgan fingerprint density at radius 3 is 1.91 bits per heavy atom. The van der Waals surface area contributed by atoms with Crippen LogP contribution in [0.4, 0.5) is 0 Å². The summed E-state index contributed by atoms with van der Waals surface area (Å²) >= 11 is 1.76. The summed E-state index contributed by atoms with van der Waals surface area (Å²) in [5.41, 5.74) is 9.72.